The number of methoxy groups -OCH3 is 1. The number of rotatable bonds is 14. The van der Waals surface area contributed by atoms with Gasteiger partial charge in [0.15, 0.2) is 0 Å². The van der Waals surface area contributed by atoms with Crippen LogP contribution in [0.4, 0.5) is 17.1 Å². The van der Waals surface area contributed by atoms with Crippen molar-refractivity contribution in [3.05, 3.63) is 77.9 Å². The first-order valence-electron chi connectivity index (χ1n) is 15.7. The number of unbranched alkanes of at least 4 members (excludes halogenated alkanes) is 1. The van der Waals surface area contributed by atoms with E-state index in [9.17, 15) is 4.79 Å². The first-order chi connectivity index (χ1) is 21.6. The van der Waals surface area contributed by atoms with Crippen LogP contribution in [0.1, 0.15) is 57.6 Å². The second kappa shape index (κ2) is 15.4. The van der Waals surface area contributed by atoms with Crippen LogP contribution in [0, 0.1) is 0 Å². The Morgan fingerprint density at radius 3 is 2.33 bits per heavy atom. The Kier molecular flexibility index (Phi) is 11.8. The number of sulfonamides is 1. The lowest BCUT2D eigenvalue weighted by molar-refractivity contribution is -0.139. The Balaban J connectivity index is 1.94. The van der Waals surface area contributed by atoms with E-state index >= 15 is 8.42 Å². The normalized spacial score (nSPS) is 17.8. The fourth-order valence-corrected chi connectivity index (χ4v) is 8.86. The lowest BCUT2D eigenvalue weighted by Crippen LogP contribution is -2.54. The maximum atomic E-state index is 15.1. The summed E-state index contributed by atoms with van der Waals surface area (Å²) in [6.07, 6.45) is 3.25. The molecule has 244 valence electrons. The molecule has 45 heavy (non-hydrogen) atoms. The summed E-state index contributed by atoms with van der Waals surface area (Å²) < 4.78 is 42.6. The second-order valence-corrected chi connectivity index (χ2v) is 14.4. The third-order valence-corrected chi connectivity index (χ3v) is 11.4. The Labute approximate surface area is 273 Å². The van der Waals surface area contributed by atoms with Gasteiger partial charge in [0.05, 0.1) is 30.7 Å². The zero-order valence-electron chi connectivity index (χ0n) is 27.4. The number of thioether (sulfide) groups is 1. The number of esters is 1. The molecule has 3 aromatic carbocycles. The SMILES string of the molecule is CCCCC1(CC)CN(c2ccccc2)c2cc(N(C)C)c(CSCC(=O)OCC)cc2S(=O)(=O)N1Cc1ccc(OC)cc1. The van der Waals surface area contributed by atoms with E-state index in [4.69, 9.17) is 9.47 Å². The lowest BCUT2D eigenvalue weighted by atomic mass is 9.88. The molecule has 0 N–H and O–H groups in total. The van der Waals surface area contributed by atoms with Crippen LogP contribution < -0.4 is 14.5 Å². The fourth-order valence-electron chi connectivity index (χ4n) is 5.99. The molecule has 1 atom stereocenters. The topological polar surface area (TPSA) is 79.4 Å². The summed E-state index contributed by atoms with van der Waals surface area (Å²) in [6.45, 7) is 7.13. The van der Waals surface area contributed by atoms with Crippen molar-refractivity contribution >= 4 is 44.8 Å². The molecule has 0 fully saturated rings. The zero-order valence-corrected chi connectivity index (χ0v) is 29.0. The van der Waals surface area contributed by atoms with Gasteiger partial charge in [0, 0.05) is 44.3 Å². The molecule has 1 aliphatic heterocycles. The second-order valence-electron chi connectivity index (χ2n) is 11.6. The van der Waals surface area contributed by atoms with Crippen molar-refractivity contribution in [1.29, 1.82) is 0 Å². The summed E-state index contributed by atoms with van der Waals surface area (Å²) in [5, 5.41) is 0. The van der Waals surface area contributed by atoms with Crippen molar-refractivity contribution in [2.75, 3.05) is 49.9 Å². The zero-order chi connectivity index (χ0) is 32.6. The number of carbonyl (C=O) groups is 1. The van der Waals surface area contributed by atoms with Crippen LogP contribution in [-0.2, 0) is 31.9 Å². The van der Waals surface area contributed by atoms with Crippen molar-refractivity contribution in [2.45, 2.75) is 69.2 Å². The van der Waals surface area contributed by atoms with Gasteiger partial charge in [-0.15, -0.1) is 11.8 Å². The predicted molar refractivity (Wildman–Crippen MR) is 185 cm³/mol. The van der Waals surface area contributed by atoms with E-state index in [2.05, 4.69) is 18.7 Å². The van der Waals surface area contributed by atoms with E-state index in [0.717, 1.165) is 47.5 Å². The molecule has 0 aliphatic carbocycles. The van der Waals surface area contributed by atoms with Gasteiger partial charge in [-0.05, 0) is 67.3 Å². The van der Waals surface area contributed by atoms with Crippen LogP contribution in [0.3, 0.4) is 0 Å². The highest BCUT2D eigenvalue weighted by Gasteiger charge is 2.48. The number of benzene rings is 3. The van der Waals surface area contributed by atoms with Crippen LogP contribution in [-0.4, -0.2) is 64.3 Å². The third-order valence-electron chi connectivity index (χ3n) is 8.47. The molecule has 0 spiro atoms. The largest absolute Gasteiger partial charge is 0.497 e. The van der Waals surface area contributed by atoms with E-state index in [0.29, 0.717) is 31.0 Å². The van der Waals surface area contributed by atoms with Gasteiger partial charge >= 0.3 is 5.97 Å². The molecule has 0 bridgehead atoms. The molecule has 3 aromatic rings. The molecule has 0 amide bonds. The van der Waals surface area contributed by atoms with Gasteiger partial charge in [0.25, 0.3) is 0 Å². The average molecular weight is 654 g/mol. The van der Waals surface area contributed by atoms with Gasteiger partial charge in [-0.3, -0.25) is 4.79 Å². The van der Waals surface area contributed by atoms with Crippen molar-refractivity contribution in [2.24, 2.45) is 0 Å². The molecular weight excluding hydrogens is 607 g/mol. The maximum absolute atomic E-state index is 15.1. The van der Waals surface area contributed by atoms with E-state index in [1.54, 1.807) is 18.3 Å². The third kappa shape index (κ3) is 7.79. The number of hydrogen-bond donors (Lipinski definition) is 0. The Morgan fingerprint density at radius 1 is 1.02 bits per heavy atom. The first-order valence-corrected chi connectivity index (χ1v) is 18.3. The number of hydrogen-bond acceptors (Lipinski definition) is 8. The van der Waals surface area contributed by atoms with Crippen LogP contribution in [0.15, 0.2) is 71.6 Å². The molecule has 1 unspecified atom stereocenters. The van der Waals surface area contributed by atoms with Crippen LogP contribution in [0.25, 0.3) is 0 Å². The molecule has 0 radical (unpaired) electrons. The molecule has 10 heteroatoms. The highest BCUT2D eigenvalue weighted by Crippen LogP contribution is 2.47. The van der Waals surface area contributed by atoms with Crippen LogP contribution >= 0.6 is 11.8 Å². The Hall–Kier alpha value is -3.21. The molecule has 8 nitrogen and oxygen atoms in total. The Morgan fingerprint density at radius 2 is 1.73 bits per heavy atom. The minimum absolute atomic E-state index is 0.195. The van der Waals surface area contributed by atoms with Crippen LogP contribution in [0.2, 0.25) is 0 Å². The standard InChI is InChI=1S/C35H47N3O5S2/c1-7-10-20-35(8-2)26-37(29-14-12-11-13-15-29)32-22-31(36(4)5)28(24-44-25-34(39)43-9-3)21-33(32)45(40,41)38(35)23-27-16-18-30(42-6)19-17-27/h11-19,21-22H,7-10,20,23-26H2,1-6H3. The molecule has 0 saturated heterocycles. The van der Waals surface area contributed by atoms with Crippen molar-refractivity contribution in [3.8, 4) is 5.75 Å². The van der Waals surface area contributed by atoms with E-state index in [-0.39, 0.29) is 23.2 Å². The highest BCUT2D eigenvalue weighted by atomic mass is 32.2. The van der Waals surface area contributed by atoms with E-state index < -0.39 is 15.6 Å². The minimum Gasteiger partial charge on any atom is -0.497 e. The minimum atomic E-state index is -4.00. The van der Waals surface area contributed by atoms with E-state index in [1.807, 2.05) is 85.7 Å². The van der Waals surface area contributed by atoms with Gasteiger partial charge < -0.3 is 19.3 Å². The number of para-hydroxylation sites is 1. The van der Waals surface area contributed by atoms with Gasteiger partial charge in [0.1, 0.15) is 10.6 Å². The molecule has 1 aliphatic rings. The van der Waals surface area contributed by atoms with Crippen molar-refractivity contribution in [1.82, 2.24) is 4.31 Å². The number of nitrogens with zero attached hydrogens (tertiary/aromatic N) is 3. The van der Waals surface area contributed by atoms with Gasteiger partial charge in [0.2, 0.25) is 10.0 Å². The maximum Gasteiger partial charge on any atom is 0.315 e. The van der Waals surface area contributed by atoms with Crippen LogP contribution in [0.5, 0.6) is 5.75 Å². The number of ether oxygens (including phenoxy) is 2. The summed E-state index contributed by atoms with van der Waals surface area (Å²) in [4.78, 5) is 16.6. The molecular formula is C35H47N3O5S2. The first kappa shape index (κ1) is 34.7. The quantitative estimate of drug-likeness (QED) is 0.169. The molecule has 0 saturated carbocycles. The monoisotopic (exact) mass is 653 g/mol. The summed E-state index contributed by atoms with van der Waals surface area (Å²) in [7, 11) is 1.56. The van der Waals surface area contributed by atoms with Crippen molar-refractivity contribution < 1.29 is 22.7 Å². The fraction of sp³-hybridized carbons (Fsp3) is 0.457. The number of fused-ring (bicyclic) bond motifs is 1. The lowest BCUT2D eigenvalue weighted by Gasteiger charge is -2.43. The molecule has 0 aromatic heterocycles. The van der Waals surface area contributed by atoms with Gasteiger partial charge in [-0.2, -0.15) is 4.31 Å². The number of carbonyl (C=O) groups excluding carboxylic acids is 1. The highest BCUT2D eigenvalue weighted by molar-refractivity contribution is 7.99. The van der Waals surface area contributed by atoms with Gasteiger partial charge in [-0.1, -0.05) is 57.0 Å². The van der Waals surface area contributed by atoms with Crippen molar-refractivity contribution in [3.63, 3.8) is 0 Å². The molecule has 1 heterocycles. The summed E-state index contributed by atoms with van der Waals surface area (Å²) in [6, 6.07) is 21.6. The van der Waals surface area contributed by atoms with E-state index in [1.165, 1.54) is 11.8 Å². The average Bonchev–Trinajstić information content (AvgIpc) is 3.11. The Bertz CT molecular complexity index is 1530. The summed E-state index contributed by atoms with van der Waals surface area (Å²) in [5.41, 5.74) is 3.62. The van der Waals surface area contributed by atoms with Gasteiger partial charge in [-0.25, -0.2) is 8.42 Å². The smallest absolute Gasteiger partial charge is 0.315 e. The summed E-state index contributed by atoms with van der Waals surface area (Å²) in [5.74, 6) is 1.11. The summed E-state index contributed by atoms with van der Waals surface area (Å²) >= 11 is 1.43. The predicted octanol–water partition coefficient (Wildman–Crippen LogP) is 7.24. The number of anilines is 3. The molecule has 4 rings (SSSR count).